The van der Waals surface area contributed by atoms with Gasteiger partial charge in [0.25, 0.3) is 15.7 Å². The van der Waals surface area contributed by atoms with Gasteiger partial charge >= 0.3 is 0 Å². The number of rotatable bonds is 9. The van der Waals surface area contributed by atoms with E-state index in [2.05, 4.69) is 15.2 Å². The van der Waals surface area contributed by atoms with Crippen LogP contribution in [0.3, 0.4) is 0 Å². The first kappa shape index (κ1) is 23.3. The van der Waals surface area contributed by atoms with Crippen molar-refractivity contribution in [2.45, 2.75) is 4.90 Å². The zero-order valence-electron chi connectivity index (χ0n) is 17.6. The third kappa shape index (κ3) is 5.68. The average Bonchev–Trinajstić information content (AvgIpc) is 2.80. The summed E-state index contributed by atoms with van der Waals surface area (Å²) in [6.07, 6.45) is 1.25. The Morgan fingerprint density at radius 3 is 2.30 bits per heavy atom. The number of methoxy groups -OCH3 is 2. The van der Waals surface area contributed by atoms with Gasteiger partial charge in [-0.1, -0.05) is 0 Å². The molecule has 3 aromatic carbocycles. The van der Waals surface area contributed by atoms with Gasteiger partial charge in [0.15, 0.2) is 0 Å². The highest BCUT2D eigenvalue weighted by Crippen LogP contribution is 2.29. The normalized spacial score (nSPS) is 11.2. The van der Waals surface area contributed by atoms with Crippen LogP contribution in [0.4, 0.5) is 17.1 Å². The number of nitrogens with zero attached hydrogens (tertiary/aromatic N) is 2. The van der Waals surface area contributed by atoms with E-state index in [0.717, 1.165) is 6.07 Å². The lowest BCUT2D eigenvalue weighted by molar-refractivity contribution is -0.384. The minimum Gasteiger partial charge on any atom is -0.507 e. The Kier molecular flexibility index (Phi) is 6.98. The zero-order chi connectivity index (χ0) is 24.0. The van der Waals surface area contributed by atoms with Crippen molar-refractivity contribution in [2.24, 2.45) is 5.10 Å². The fourth-order valence-corrected chi connectivity index (χ4v) is 3.81. The molecule has 0 unspecified atom stereocenters. The summed E-state index contributed by atoms with van der Waals surface area (Å²) in [6.45, 7) is 0. The van der Waals surface area contributed by atoms with Gasteiger partial charge in [0.1, 0.15) is 22.9 Å². The fraction of sp³-hybridized carbons (Fsp3) is 0.0952. The lowest BCUT2D eigenvalue weighted by Gasteiger charge is -2.10. The van der Waals surface area contributed by atoms with Crippen LogP contribution in [0.15, 0.2) is 70.7 Å². The SMILES string of the molecule is COc1ccc(NS(=O)(=O)c2ccc(N/N=C/c3cc(OC)ccc3O)c([N+](=O)[O-])c2)cc1. The van der Waals surface area contributed by atoms with Crippen molar-refractivity contribution in [3.63, 3.8) is 0 Å². The minimum atomic E-state index is -4.09. The van der Waals surface area contributed by atoms with Gasteiger partial charge in [-0.25, -0.2) is 8.42 Å². The van der Waals surface area contributed by atoms with Crippen molar-refractivity contribution >= 4 is 33.3 Å². The Hall–Kier alpha value is -4.32. The fourth-order valence-electron chi connectivity index (χ4n) is 2.73. The molecule has 0 aliphatic rings. The van der Waals surface area contributed by atoms with Gasteiger partial charge in [-0.15, -0.1) is 0 Å². The molecule has 11 nitrogen and oxygen atoms in total. The van der Waals surface area contributed by atoms with Gasteiger partial charge in [-0.3, -0.25) is 20.3 Å². The number of anilines is 2. The van der Waals surface area contributed by atoms with Gasteiger partial charge in [0.05, 0.1) is 30.3 Å². The summed E-state index contributed by atoms with van der Waals surface area (Å²) in [6, 6.07) is 14.0. The topological polar surface area (TPSA) is 152 Å². The molecule has 3 aromatic rings. The molecular weight excluding hydrogens is 452 g/mol. The monoisotopic (exact) mass is 472 g/mol. The van der Waals surface area contributed by atoms with E-state index >= 15 is 0 Å². The van der Waals surface area contributed by atoms with Crippen LogP contribution in [0.5, 0.6) is 17.2 Å². The number of nitro benzene ring substituents is 1. The smallest absolute Gasteiger partial charge is 0.295 e. The molecule has 0 amide bonds. The predicted octanol–water partition coefficient (Wildman–Crippen LogP) is 3.56. The minimum absolute atomic E-state index is 0.0398. The Bertz CT molecular complexity index is 1290. The second-order valence-electron chi connectivity index (χ2n) is 6.56. The van der Waals surface area contributed by atoms with Crippen molar-refractivity contribution in [2.75, 3.05) is 24.4 Å². The number of ether oxygens (including phenoxy) is 2. The van der Waals surface area contributed by atoms with Gasteiger partial charge < -0.3 is 14.6 Å². The third-order valence-electron chi connectivity index (χ3n) is 4.44. The molecule has 0 saturated carbocycles. The molecule has 0 fully saturated rings. The van der Waals surface area contributed by atoms with Gasteiger partial charge in [-0.05, 0) is 54.6 Å². The van der Waals surface area contributed by atoms with E-state index in [4.69, 9.17) is 9.47 Å². The molecule has 0 heterocycles. The second-order valence-corrected chi connectivity index (χ2v) is 8.25. The first-order valence-electron chi connectivity index (χ1n) is 9.35. The maximum Gasteiger partial charge on any atom is 0.295 e. The van der Waals surface area contributed by atoms with Crippen molar-refractivity contribution in [1.29, 1.82) is 0 Å². The molecule has 12 heteroatoms. The van der Waals surface area contributed by atoms with Crippen LogP contribution in [0, 0.1) is 10.1 Å². The molecule has 0 saturated heterocycles. The number of hydrogen-bond acceptors (Lipinski definition) is 9. The first-order valence-corrected chi connectivity index (χ1v) is 10.8. The van der Waals surface area contributed by atoms with Gasteiger partial charge in [-0.2, -0.15) is 5.10 Å². The Morgan fingerprint density at radius 2 is 1.67 bits per heavy atom. The van der Waals surface area contributed by atoms with Crippen LogP contribution in [-0.2, 0) is 10.0 Å². The Morgan fingerprint density at radius 1 is 1.00 bits per heavy atom. The summed E-state index contributed by atoms with van der Waals surface area (Å²) in [7, 11) is -1.14. The standard InChI is InChI=1S/C21H20N4O7S/c1-31-16-5-3-15(4-6-16)24-33(29,30)18-8-9-19(20(12-18)25(27)28)23-22-13-14-11-17(32-2)7-10-21(14)26/h3-13,23-24,26H,1-2H3/b22-13+. The molecule has 172 valence electrons. The number of benzene rings is 3. The molecule has 0 aromatic heterocycles. The summed E-state index contributed by atoms with van der Waals surface area (Å²) in [5.74, 6) is 0.966. The number of sulfonamides is 1. The number of phenols is 1. The largest absolute Gasteiger partial charge is 0.507 e. The summed E-state index contributed by atoms with van der Waals surface area (Å²) in [4.78, 5) is 10.5. The third-order valence-corrected chi connectivity index (χ3v) is 5.82. The summed E-state index contributed by atoms with van der Waals surface area (Å²) in [5, 5.41) is 25.3. The number of aromatic hydroxyl groups is 1. The van der Waals surface area contributed by atoms with Crippen LogP contribution in [0.2, 0.25) is 0 Å². The lowest BCUT2D eigenvalue weighted by Crippen LogP contribution is -2.13. The van der Waals surface area contributed by atoms with E-state index in [9.17, 15) is 23.6 Å². The number of nitrogens with one attached hydrogen (secondary N) is 2. The molecule has 33 heavy (non-hydrogen) atoms. The molecular formula is C21H20N4O7S. The van der Waals surface area contributed by atoms with E-state index < -0.39 is 20.6 Å². The van der Waals surface area contributed by atoms with E-state index in [1.54, 1.807) is 18.2 Å². The molecule has 0 radical (unpaired) electrons. The molecule has 0 aliphatic heterocycles. The number of nitro groups is 1. The maximum atomic E-state index is 12.7. The van der Waals surface area contributed by atoms with Crippen LogP contribution < -0.4 is 19.6 Å². The number of hydrazone groups is 1. The van der Waals surface area contributed by atoms with Crippen LogP contribution in [-0.4, -0.2) is 38.9 Å². The van der Waals surface area contributed by atoms with E-state index in [-0.39, 0.29) is 22.0 Å². The Balaban J connectivity index is 1.83. The van der Waals surface area contributed by atoms with Crippen molar-refractivity contribution in [1.82, 2.24) is 0 Å². The number of phenolic OH excluding ortho intramolecular Hbond substituents is 1. The van der Waals surface area contributed by atoms with E-state index in [0.29, 0.717) is 17.1 Å². The average molecular weight is 472 g/mol. The van der Waals surface area contributed by atoms with E-state index in [1.165, 1.54) is 56.8 Å². The molecule has 0 aliphatic carbocycles. The molecule has 0 atom stereocenters. The highest BCUT2D eigenvalue weighted by Gasteiger charge is 2.21. The summed E-state index contributed by atoms with van der Waals surface area (Å²) < 4.78 is 37.8. The summed E-state index contributed by atoms with van der Waals surface area (Å²) >= 11 is 0. The second kappa shape index (κ2) is 9.87. The molecule has 3 rings (SSSR count). The summed E-state index contributed by atoms with van der Waals surface area (Å²) in [5.41, 5.74) is 2.53. The van der Waals surface area contributed by atoms with Crippen LogP contribution in [0.1, 0.15) is 5.56 Å². The maximum absolute atomic E-state index is 12.7. The van der Waals surface area contributed by atoms with Gasteiger partial charge in [0.2, 0.25) is 0 Å². The highest BCUT2D eigenvalue weighted by atomic mass is 32.2. The van der Waals surface area contributed by atoms with Crippen LogP contribution in [0.25, 0.3) is 0 Å². The van der Waals surface area contributed by atoms with Crippen molar-refractivity contribution in [3.8, 4) is 17.2 Å². The molecule has 0 spiro atoms. The first-order chi connectivity index (χ1) is 15.7. The van der Waals surface area contributed by atoms with E-state index in [1.807, 2.05) is 0 Å². The van der Waals surface area contributed by atoms with Crippen molar-refractivity contribution < 1.29 is 27.9 Å². The predicted molar refractivity (Wildman–Crippen MR) is 123 cm³/mol. The quantitative estimate of drug-likeness (QED) is 0.243. The highest BCUT2D eigenvalue weighted by molar-refractivity contribution is 7.92. The Labute approximate surface area is 189 Å². The van der Waals surface area contributed by atoms with Gasteiger partial charge in [0, 0.05) is 17.3 Å². The lowest BCUT2D eigenvalue weighted by atomic mass is 10.2. The molecule has 3 N–H and O–H groups in total. The molecule has 0 bridgehead atoms. The van der Waals surface area contributed by atoms with Crippen LogP contribution >= 0.6 is 0 Å². The number of hydrogen-bond donors (Lipinski definition) is 3. The zero-order valence-corrected chi connectivity index (χ0v) is 18.4. The van der Waals surface area contributed by atoms with Crippen molar-refractivity contribution in [3.05, 3.63) is 76.3 Å².